The van der Waals surface area contributed by atoms with Crippen molar-refractivity contribution in [3.8, 4) is 17.4 Å². The molecule has 34 heavy (non-hydrogen) atoms. The van der Waals surface area contributed by atoms with Crippen LogP contribution in [0.3, 0.4) is 0 Å². The van der Waals surface area contributed by atoms with Crippen molar-refractivity contribution in [3.05, 3.63) is 66.2 Å². The number of nitriles is 1. The van der Waals surface area contributed by atoms with E-state index in [-0.39, 0.29) is 25.1 Å². The molecule has 1 aliphatic carbocycles. The molecule has 3 aromatic rings. The van der Waals surface area contributed by atoms with Crippen LogP contribution in [-0.4, -0.2) is 23.2 Å². The fraction of sp³-hybridized carbons (Fsp3) is 0.280. The van der Waals surface area contributed by atoms with Gasteiger partial charge in [0.2, 0.25) is 0 Å². The van der Waals surface area contributed by atoms with Crippen LogP contribution in [0.15, 0.2) is 59.5 Å². The molecule has 9 heteroatoms. The van der Waals surface area contributed by atoms with Gasteiger partial charge in [0, 0.05) is 23.5 Å². The average Bonchev–Trinajstić information content (AvgIpc) is 3.52. The predicted molar refractivity (Wildman–Crippen MR) is 126 cm³/mol. The number of urea groups is 1. The molecule has 1 aliphatic rings. The number of alkyl carbamates (subject to hydrolysis) is 1. The maximum absolute atomic E-state index is 12.5. The second kappa shape index (κ2) is 10.5. The Kier molecular flexibility index (Phi) is 7.08. The fourth-order valence-corrected chi connectivity index (χ4v) is 3.64. The van der Waals surface area contributed by atoms with E-state index < -0.39 is 6.09 Å². The molecule has 0 bridgehead atoms. The van der Waals surface area contributed by atoms with E-state index in [1.165, 1.54) is 6.39 Å². The molecule has 3 N–H and O–H groups in total. The van der Waals surface area contributed by atoms with Crippen molar-refractivity contribution in [2.45, 2.75) is 38.8 Å². The lowest BCUT2D eigenvalue weighted by Gasteiger charge is -2.15. The Hall–Kier alpha value is -4.32. The van der Waals surface area contributed by atoms with Gasteiger partial charge in [0.25, 0.3) is 0 Å². The number of ether oxygens (including phenoxy) is 1. The molecule has 0 saturated heterocycles. The molecular formula is C25H25N5O4. The first-order valence-corrected chi connectivity index (χ1v) is 11.0. The fourth-order valence-electron chi connectivity index (χ4n) is 3.64. The number of carbonyl (C=O) groups excluding carboxylic acids is 2. The molecule has 1 heterocycles. The summed E-state index contributed by atoms with van der Waals surface area (Å²) in [5.41, 5.74) is 3.86. The lowest BCUT2D eigenvalue weighted by molar-refractivity contribution is 0.0873. The van der Waals surface area contributed by atoms with Crippen LogP contribution < -0.4 is 16.0 Å². The molecule has 0 spiro atoms. The van der Waals surface area contributed by atoms with E-state index in [4.69, 9.17) is 14.4 Å². The first kappa shape index (κ1) is 22.9. The first-order chi connectivity index (χ1) is 16.5. The zero-order chi connectivity index (χ0) is 23.9. The van der Waals surface area contributed by atoms with Gasteiger partial charge in [-0.05, 0) is 67.1 Å². The van der Waals surface area contributed by atoms with Crippen molar-refractivity contribution >= 4 is 23.5 Å². The van der Waals surface area contributed by atoms with Crippen LogP contribution in [0.2, 0.25) is 0 Å². The smallest absolute Gasteiger partial charge is 0.407 e. The maximum atomic E-state index is 12.5. The minimum atomic E-state index is -0.549. The predicted octanol–water partition coefficient (Wildman–Crippen LogP) is 5.21. The topological polar surface area (TPSA) is 129 Å². The van der Waals surface area contributed by atoms with Crippen molar-refractivity contribution in [3.63, 3.8) is 0 Å². The van der Waals surface area contributed by atoms with Gasteiger partial charge in [-0.15, -0.1) is 0 Å². The lowest BCUT2D eigenvalue weighted by Crippen LogP contribution is -2.29. The van der Waals surface area contributed by atoms with Gasteiger partial charge in [0.1, 0.15) is 6.10 Å². The summed E-state index contributed by atoms with van der Waals surface area (Å²) >= 11 is 0. The number of nitrogens with zero attached hydrogens (tertiary/aromatic N) is 2. The van der Waals surface area contributed by atoms with E-state index in [9.17, 15) is 9.59 Å². The Morgan fingerprint density at radius 1 is 1.21 bits per heavy atom. The number of aryl methyl sites for hydroxylation is 1. The molecule has 1 fully saturated rings. The molecular weight excluding hydrogens is 434 g/mol. The van der Waals surface area contributed by atoms with Crippen LogP contribution in [0, 0.1) is 24.2 Å². The number of benzene rings is 2. The van der Waals surface area contributed by atoms with Gasteiger partial charge in [0.05, 0.1) is 18.7 Å². The first-order valence-electron chi connectivity index (χ1n) is 11.0. The standard InChI is InChI=1S/C25H25N5O4/c1-16-11-20(7-8-21(16)23-14-27-15-33-23)30-24(31)29-19-4-2-3-17(12-19)13-28-25(32)34-22(9-10-26)18-5-6-18/h2-4,7-8,11-12,14-15,18,22H,5-6,9,13H2,1H3,(H,28,32)(H2,29,30,31). The van der Waals surface area contributed by atoms with Crippen molar-refractivity contribution in [1.29, 1.82) is 5.26 Å². The molecule has 1 aromatic heterocycles. The van der Waals surface area contributed by atoms with Gasteiger partial charge in [0.15, 0.2) is 12.2 Å². The van der Waals surface area contributed by atoms with Crippen molar-refractivity contribution in [2.24, 2.45) is 5.92 Å². The monoisotopic (exact) mass is 459 g/mol. The SMILES string of the molecule is Cc1cc(NC(=O)Nc2cccc(CNC(=O)OC(CC#N)C3CC3)c2)ccc1-c1cnco1. The number of rotatable bonds is 8. The van der Waals surface area contributed by atoms with Crippen LogP contribution in [-0.2, 0) is 11.3 Å². The Morgan fingerprint density at radius 2 is 2.00 bits per heavy atom. The summed E-state index contributed by atoms with van der Waals surface area (Å²) in [6, 6.07) is 14.3. The Balaban J connectivity index is 1.29. The van der Waals surface area contributed by atoms with Gasteiger partial charge in [-0.3, -0.25) is 0 Å². The molecule has 1 unspecified atom stereocenters. The third kappa shape index (κ3) is 6.13. The highest BCUT2D eigenvalue weighted by Crippen LogP contribution is 2.35. The van der Waals surface area contributed by atoms with Crippen molar-refractivity contribution in [1.82, 2.24) is 10.3 Å². The zero-order valence-corrected chi connectivity index (χ0v) is 18.7. The van der Waals surface area contributed by atoms with E-state index >= 15 is 0 Å². The van der Waals surface area contributed by atoms with E-state index in [0.29, 0.717) is 23.1 Å². The highest BCUT2D eigenvalue weighted by atomic mass is 16.6. The van der Waals surface area contributed by atoms with Crippen molar-refractivity contribution in [2.75, 3.05) is 10.6 Å². The lowest BCUT2D eigenvalue weighted by atomic mass is 10.1. The Morgan fingerprint density at radius 3 is 2.68 bits per heavy atom. The summed E-state index contributed by atoms with van der Waals surface area (Å²) in [5, 5.41) is 17.2. The largest absolute Gasteiger partial charge is 0.445 e. The quantitative estimate of drug-likeness (QED) is 0.424. The Bertz CT molecular complexity index is 1200. The maximum Gasteiger partial charge on any atom is 0.407 e. The normalized spacial score (nSPS) is 13.4. The second-order valence-electron chi connectivity index (χ2n) is 8.17. The molecule has 9 nitrogen and oxygen atoms in total. The average molecular weight is 460 g/mol. The summed E-state index contributed by atoms with van der Waals surface area (Å²) in [6.07, 6.45) is 4.29. The van der Waals surface area contributed by atoms with E-state index in [1.807, 2.05) is 25.1 Å². The van der Waals surface area contributed by atoms with Crippen molar-refractivity contribution < 1.29 is 18.7 Å². The van der Waals surface area contributed by atoms with E-state index in [1.54, 1.807) is 30.5 Å². The highest BCUT2D eigenvalue weighted by Gasteiger charge is 2.33. The van der Waals surface area contributed by atoms with Crippen LogP contribution in [0.5, 0.6) is 0 Å². The molecule has 1 saturated carbocycles. The molecule has 2 aromatic carbocycles. The van der Waals surface area contributed by atoms with Gasteiger partial charge in [-0.2, -0.15) is 5.26 Å². The van der Waals surface area contributed by atoms with Crippen LogP contribution in [0.4, 0.5) is 21.0 Å². The third-order valence-corrected chi connectivity index (χ3v) is 5.50. The second-order valence-corrected chi connectivity index (χ2v) is 8.17. The van der Waals surface area contributed by atoms with Crippen LogP contribution in [0.25, 0.3) is 11.3 Å². The molecule has 4 rings (SSSR count). The molecule has 3 amide bonds. The summed E-state index contributed by atoms with van der Waals surface area (Å²) in [4.78, 5) is 28.5. The zero-order valence-electron chi connectivity index (χ0n) is 18.7. The van der Waals surface area contributed by atoms with Gasteiger partial charge in [-0.1, -0.05) is 12.1 Å². The van der Waals surface area contributed by atoms with Gasteiger partial charge >= 0.3 is 12.1 Å². The highest BCUT2D eigenvalue weighted by molar-refractivity contribution is 6.00. The van der Waals surface area contributed by atoms with E-state index in [2.05, 4.69) is 27.0 Å². The number of nitrogens with one attached hydrogen (secondary N) is 3. The summed E-state index contributed by atoms with van der Waals surface area (Å²) < 4.78 is 10.7. The minimum absolute atomic E-state index is 0.203. The molecule has 0 aliphatic heterocycles. The van der Waals surface area contributed by atoms with Gasteiger partial charge in [-0.25, -0.2) is 14.6 Å². The van der Waals surface area contributed by atoms with Crippen LogP contribution in [0.1, 0.15) is 30.4 Å². The number of anilines is 2. The number of hydrogen-bond acceptors (Lipinski definition) is 6. The summed E-state index contributed by atoms with van der Waals surface area (Å²) in [7, 11) is 0. The molecule has 0 radical (unpaired) electrons. The number of oxazole rings is 1. The number of aromatic nitrogens is 1. The molecule has 1 atom stereocenters. The van der Waals surface area contributed by atoms with Crippen LogP contribution >= 0.6 is 0 Å². The van der Waals surface area contributed by atoms with E-state index in [0.717, 1.165) is 29.5 Å². The molecule has 174 valence electrons. The number of hydrogen-bond donors (Lipinski definition) is 3. The Labute approximate surface area is 197 Å². The number of amides is 3. The minimum Gasteiger partial charge on any atom is -0.445 e. The number of carbonyl (C=O) groups is 2. The summed E-state index contributed by atoms with van der Waals surface area (Å²) in [5.74, 6) is 0.953. The van der Waals surface area contributed by atoms with Gasteiger partial charge < -0.3 is 25.1 Å². The summed E-state index contributed by atoms with van der Waals surface area (Å²) in [6.45, 7) is 2.16. The third-order valence-electron chi connectivity index (χ3n) is 5.50.